The lowest BCUT2D eigenvalue weighted by molar-refractivity contribution is -0.108. The molecule has 1 aromatic heterocycles. The Kier molecular flexibility index (Phi) is 2.62. The van der Waals surface area contributed by atoms with Gasteiger partial charge in [-0.05, 0) is 43.2 Å². The van der Waals surface area contributed by atoms with Gasteiger partial charge in [-0.2, -0.15) is 0 Å². The monoisotopic (exact) mass is 189 g/mol. The number of hydrogen-bond donors (Lipinski definition) is 0. The van der Waals surface area contributed by atoms with Gasteiger partial charge in [-0.25, -0.2) is 0 Å². The quantitative estimate of drug-likeness (QED) is 0.681. The molecule has 0 aromatic carbocycles. The van der Waals surface area contributed by atoms with Crippen LogP contribution in [0.15, 0.2) is 18.3 Å². The Labute approximate surface area is 84.4 Å². The lowest BCUT2D eigenvalue weighted by Gasteiger charge is -2.12. The highest BCUT2D eigenvalue weighted by molar-refractivity contribution is 5.52. The molecule has 0 radical (unpaired) electrons. The Morgan fingerprint density at radius 1 is 1.57 bits per heavy atom. The van der Waals surface area contributed by atoms with E-state index in [1.165, 1.54) is 18.4 Å². The summed E-state index contributed by atoms with van der Waals surface area (Å²) in [4.78, 5) is 14.8. The molecule has 1 atom stereocenters. The van der Waals surface area contributed by atoms with Crippen molar-refractivity contribution in [2.45, 2.75) is 32.1 Å². The van der Waals surface area contributed by atoms with Crippen LogP contribution in [0.3, 0.4) is 0 Å². The summed E-state index contributed by atoms with van der Waals surface area (Å²) in [5.74, 6) is 1.14. The van der Waals surface area contributed by atoms with Crippen LogP contribution in [-0.4, -0.2) is 11.3 Å². The van der Waals surface area contributed by atoms with Crippen LogP contribution < -0.4 is 0 Å². The van der Waals surface area contributed by atoms with Gasteiger partial charge in [0.1, 0.15) is 6.29 Å². The summed E-state index contributed by atoms with van der Waals surface area (Å²) in [6, 6.07) is 4.13. The molecule has 0 aliphatic heterocycles. The smallest absolute Gasteiger partial charge is 0.120 e. The van der Waals surface area contributed by atoms with E-state index in [2.05, 4.69) is 11.1 Å². The van der Waals surface area contributed by atoms with E-state index in [1.54, 1.807) is 0 Å². The first-order chi connectivity index (χ1) is 6.81. The molecule has 0 spiro atoms. The van der Waals surface area contributed by atoms with Gasteiger partial charge in [-0.3, -0.25) is 4.98 Å². The largest absolute Gasteiger partial charge is 0.303 e. The number of hydrogen-bond acceptors (Lipinski definition) is 2. The maximum absolute atomic E-state index is 10.6. The van der Waals surface area contributed by atoms with Crippen molar-refractivity contribution in [2.24, 2.45) is 5.92 Å². The molecule has 1 saturated carbocycles. The van der Waals surface area contributed by atoms with E-state index in [1.807, 2.05) is 19.2 Å². The van der Waals surface area contributed by atoms with E-state index in [9.17, 15) is 4.79 Å². The summed E-state index contributed by atoms with van der Waals surface area (Å²) < 4.78 is 0. The van der Waals surface area contributed by atoms with Crippen LogP contribution in [0.5, 0.6) is 0 Å². The summed E-state index contributed by atoms with van der Waals surface area (Å²) in [7, 11) is 0. The molecule has 2 rings (SSSR count). The summed E-state index contributed by atoms with van der Waals surface area (Å²) in [6.45, 7) is 1.98. The van der Waals surface area contributed by atoms with Crippen molar-refractivity contribution in [1.82, 2.24) is 4.98 Å². The van der Waals surface area contributed by atoms with Crippen molar-refractivity contribution >= 4 is 6.29 Å². The summed E-state index contributed by atoms with van der Waals surface area (Å²) in [6.07, 6.45) is 6.14. The number of aromatic nitrogens is 1. The predicted octanol–water partition coefficient (Wildman–Crippen LogP) is 2.47. The Morgan fingerprint density at radius 3 is 2.86 bits per heavy atom. The molecule has 1 aromatic rings. The molecule has 0 amide bonds. The highest BCUT2D eigenvalue weighted by atomic mass is 16.1. The molecule has 1 unspecified atom stereocenters. The van der Waals surface area contributed by atoms with Gasteiger partial charge in [0.15, 0.2) is 0 Å². The van der Waals surface area contributed by atoms with E-state index >= 15 is 0 Å². The van der Waals surface area contributed by atoms with Crippen molar-refractivity contribution in [3.8, 4) is 0 Å². The zero-order chi connectivity index (χ0) is 9.97. The topological polar surface area (TPSA) is 30.0 Å². The predicted molar refractivity (Wildman–Crippen MR) is 55.1 cm³/mol. The average molecular weight is 189 g/mol. The number of aldehydes is 1. The molecule has 1 fully saturated rings. The van der Waals surface area contributed by atoms with Crippen LogP contribution in [0.2, 0.25) is 0 Å². The van der Waals surface area contributed by atoms with Crippen LogP contribution in [0.1, 0.15) is 36.4 Å². The number of aryl methyl sites for hydroxylation is 1. The average Bonchev–Trinajstić information content (AvgIpc) is 2.99. The second-order valence-corrected chi connectivity index (χ2v) is 4.08. The van der Waals surface area contributed by atoms with E-state index in [4.69, 9.17) is 0 Å². The van der Waals surface area contributed by atoms with Crippen LogP contribution in [-0.2, 0) is 4.79 Å². The lowest BCUT2D eigenvalue weighted by atomic mass is 9.93. The summed E-state index contributed by atoms with van der Waals surface area (Å²) in [5, 5.41) is 0. The zero-order valence-corrected chi connectivity index (χ0v) is 8.44. The van der Waals surface area contributed by atoms with Crippen LogP contribution >= 0.6 is 0 Å². The lowest BCUT2D eigenvalue weighted by Crippen LogP contribution is -2.02. The molecule has 0 N–H and O–H groups in total. The molecule has 2 heteroatoms. The molecular formula is C12H15NO. The van der Waals surface area contributed by atoms with Gasteiger partial charge in [-0.1, -0.05) is 6.07 Å². The van der Waals surface area contributed by atoms with Gasteiger partial charge >= 0.3 is 0 Å². The van der Waals surface area contributed by atoms with E-state index in [0.29, 0.717) is 12.3 Å². The molecule has 1 aliphatic carbocycles. The number of carbonyl (C=O) groups is 1. The molecule has 1 aliphatic rings. The number of nitrogens with zero attached hydrogens (tertiary/aromatic N) is 1. The molecule has 14 heavy (non-hydrogen) atoms. The standard InChI is InChI=1S/C12H15NO/c1-9-2-3-11(8-13-9)12(6-7-14)10-4-5-10/h2-3,7-8,10,12H,4-6H2,1H3. The number of carbonyl (C=O) groups excluding carboxylic acids is 1. The molecule has 1 heterocycles. The second kappa shape index (κ2) is 3.91. The first-order valence-electron chi connectivity index (χ1n) is 5.17. The van der Waals surface area contributed by atoms with Crippen molar-refractivity contribution in [1.29, 1.82) is 0 Å². The third-order valence-corrected chi connectivity index (χ3v) is 2.90. The normalized spacial score (nSPS) is 17.8. The van der Waals surface area contributed by atoms with Gasteiger partial charge in [0.2, 0.25) is 0 Å². The highest BCUT2D eigenvalue weighted by Gasteiger charge is 2.31. The number of rotatable bonds is 4. The van der Waals surface area contributed by atoms with E-state index < -0.39 is 0 Å². The van der Waals surface area contributed by atoms with Crippen molar-refractivity contribution in [2.75, 3.05) is 0 Å². The van der Waals surface area contributed by atoms with Gasteiger partial charge < -0.3 is 4.79 Å². The van der Waals surface area contributed by atoms with Gasteiger partial charge in [-0.15, -0.1) is 0 Å². The minimum absolute atomic E-state index is 0.417. The zero-order valence-electron chi connectivity index (χ0n) is 8.44. The van der Waals surface area contributed by atoms with E-state index in [0.717, 1.165) is 17.9 Å². The van der Waals surface area contributed by atoms with E-state index in [-0.39, 0.29) is 0 Å². The molecular weight excluding hydrogens is 174 g/mol. The minimum atomic E-state index is 0.417. The molecule has 0 saturated heterocycles. The Morgan fingerprint density at radius 2 is 2.36 bits per heavy atom. The molecule has 0 bridgehead atoms. The SMILES string of the molecule is Cc1ccc(C(CC=O)C2CC2)cn1. The maximum atomic E-state index is 10.6. The Balaban J connectivity index is 2.16. The molecule has 2 nitrogen and oxygen atoms in total. The van der Waals surface area contributed by atoms with Crippen molar-refractivity contribution < 1.29 is 4.79 Å². The highest BCUT2D eigenvalue weighted by Crippen LogP contribution is 2.43. The van der Waals surface area contributed by atoms with Crippen LogP contribution in [0, 0.1) is 12.8 Å². The molecule has 74 valence electrons. The Bertz CT molecular complexity index is 314. The van der Waals surface area contributed by atoms with Crippen LogP contribution in [0.25, 0.3) is 0 Å². The summed E-state index contributed by atoms with van der Waals surface area (Å²) in [5.41, 5.74) is 2.26. The third kappa shape index (κ3) is 2.00. The fourth-order valence-corrected chi connectivity index (χ4v) is 1.90. The Hall–Kier alpha value is -1.18. The van der Waals surface area contributed by atoms with Gasteiger partial charge in [0.05, 0.1) is 0 Å². The first kappa shape index (κ1) is 9.38. The fourth-order valence-electron chi connectivity index (χ4n) is 1.90. The van der Waals surface area contributed by atoms with Crippen molar-refractivity contribution in [3.05, 3.63) is 29.6 Å². The number of pyridine rings is 1. The van der Waals surface area contributed by atoms with Gasteiger partial charge in [0.25, 0.3) is 0 Å². The third-order valence-electron chi connectivity index (χ3n) is 2.90. The second-order valence-electron chi connectivity index (χ2n) is 4.08. The van der Waals surface area contributed by atoms with Gasteiger partial charge in [0, 0.05) is 18.3 Å². The van der Waals surface area contributed by atoms with Crippen molar-refractivity contribution in [3.63, 3.8) is 0 Å². The van der Waals surface area contributed by atoms with Crippen LogP contribution in [0.4, 0.5) is 0 Å². The summed E-state index contributed by atoms with van der Waals surface area (Å²) >= 11 is 0. The maximum Gasteiger partial charge on any atom is 0.120 e. The minimum Gasteiger partial charge on any atom is -0.303 e. The fraction of sp³-hybridized carbons (Fsp3) is 0.500. The first-order valence-corrected chi connectivity index (χ1v) is 5.17.